The molecule has 0 aromatic heterocycles. The van der Waals surface area contributed by atoms with Crippen LogP contribution in [0.25, 0.3) is 0 Å². The van der Waals surface area contributed by atoms with Crippen LogP contribution in [0.2, 0.25) is 0 Å². The lowest BCUT2D eigenvalue weighted by molar-refractivity contribution is -0.371. The fraction of sp³-hybridized carbons (Fsp3) is 0.571. The third-order valence-corrected chi connectivity index (χ3v) is 5.88. The highest BCUT2D eigenvalue weighted by molar-refractivity contribution is 5.83. The summed E-state index contributed by atoms with van der Waals surface area (Å²) in [5.41, 5.74) is 5.83. The van der Waals surface area contributed by atoms with Crippen LogP contribution >= 0.6 is 0 Å². The second kappa shape index (κ2) is 7.52. The Balaban J connectivity index is 1.80. The fourth-order valence-corrected chi connectivity index (χ4v) is 4.34. The summed E-state index contributed by atoms with van der Waals surface area (Å²) in [6, 6.07) is 10.3. The smallest absolute Gasteiger partial charge is 0.316 e. The number of hydrogen-bond donors (Lipinski definition) is 1. The minimum absolute atomic E-state index is 0.00981. The van der Waals surface area contributed by atoms with Gasteiger partial charge in [0.2, 0.25) is 0 Å². The molecule has 2 unspecified atom stereocenters. The van der Waals surface area contributed by atoms with Crippen LogP contribution in [-0.4, -0.2) is 18.6 Å². The van der Waals surface area contributed by atoms with E-state index in [0.29, 0.717) is 5.92 Å². The standard InChI is InChI=1S/C21H29NO2/c1-16-15-19(18(16)11-14-22)24-20(23)21(12-7-2-3-8-13-21)17-9-5-4-6-10-17/h4-6,9-10,18-19H,1-3,7-8,11-15,22H2/p+1. The summed E-state index contributed by atoms with van der Waals surface area (Å²) in [6.45, 7) is 4.96. The number of hydrogen-bond acceptors (Lipinski definition) is 2. The summed E-state index contributed by atoms with van der Waals surface area (Å²) in [4.78, 5) is 13.3. The van der Waals surface area contributed by atoms with Crippen molar-refractivity contribution in [3.8, 4) is 0 Å². The summed E-state index contributed by atoms with van der Waals surface area (Å²) >= 11 is 0. The van der Waals surface area contributed by atoms with E-state index in [1.54, 1.807) is 0 Å². The zero-order chi connectivity index (χ0) is 17.0. The lowest BCUT2D eigenvalue weighted by atomic mass is 9.72. The normalized spacial score (nSPS) is 26.3. The Bertz CT molecular complexity index is 573. The van der Waals surface area contributed by atoms with E-state index in [1.807, 2.05) is 18.2 Å². The van der Waals surface area contributed by atoms with Gasteiger partial charge in [-0.15, -0.1) is 0 Å². The topological polar surface area (TPSA) is 53.9 Å². The maximum atomic E-state index is 13.3. The Morgan fingerprint density at radius 1 is 1.17 bits per heavy atom. The molecule has 2 aliphatic carbocycles. The molecule has 2 saturated carbocycles. The maximum Gasteiger partial charge on any atom is 0.316 e. The molecule has 3 nitrogen and oxygen atoms in total. The highest BCUT2D eigenvalue weighted by atomic mass is 16.5. The van der Waals surface area contributed by atoms with Gasteiger partial charge >= 0.3 is 5.97 Å². The zero-order valence-electron chi connectivity index (χ0n) is 14.6. The van der Waals surface area contributed by atoms with Gasteiger partial charge in [-0.3, -0.25) is 4.79 Å². The maximum absolute atomic E-state index is 13.3. The van der Waals surface area contributed by atoms with Gasteiger partial charge in [-0.2, -0.15) is 0 Å². The molecule has 0 spiro atoms. The number of benzene rings is 1. The van der Waals surface area contributed by atoms with Crippen molar-refractivity contribution in [1.82, 2.24) is 0 Å². The molecule has 1 aromatic rings. The van der Waals surface area contributed by atoms with Gasteiger partial charge in [-0.1, -0.05) is 68.2 Å². The quantitative estimate of drug-likeness (QED) is 0.512. The minimum atomic E-state index is -0.455. The highest BCUT2D eigenvalue weighted by Gasteiger charge is 2.45. The van der Waals surface area contributed by atoms with Gasteiger partial charge in [0.1, 0.15) is 6.10 Å². The van der Waals surface area contributed by atoms with Crippen LogP contribution < -0.4 is 5.73 Å². The van der Waals surface area contributed by atoms with E-state index < -0.39 is 5.41 Å². The number of ether oxygens (including phenoxy) is 1. The first-order chi connectivity index (χ1) is 11.7. The molecule has 0 saturated heterocycles. The van der Waals surface area contributed by atoms with Gasteiger partial charge in [0.25, 0.3) is 0 Å². The Morgan fingerprint density at radius 3 is 2.42 bits per heavy atom. The molecular formula is C21H30NO2+. The van der Waals surface area contributed by atoms with Crippen LogP contribution in [0.4, 0.5) is 0 Å². The first-order valence-corrected chi connectivity index (χ1v) is 9.41. The molecular weight excluding hydrogens is 298 g/mol. The molecule has 1 aromatic carbocycles. The third-order valence-electron chi connectivity index (χ3n) is 5.88. The van der Waals surface area contributed by atoms with Gasteiger partial charge in [-0.05, 0) is 18.4 Å². The predicted molar refractivity (Wildman–Crippen MR) is 95.3 cm³/mol. The molecule has 3 N–H and O–H groups in total. The van der Waals surface area contributed by atoms with Crippen molar-refractivity contribution in [3.63, 3.8) is 0 Å². The van der Waals surface area contributed by atoms with Crippen LogP contribution in [0.3, 0.4) is 0 Å². The molecule has 0 amide bonds. The molecule has 0 bridgehead atoms. The van der Waals surface area contributed by atoms with E-state index in [9.17, 15) is 4.79 Å². The minimum Gasteiger partial charge on any atom is -0.461 e. The Kier molecular flexibility index (Phi) is 5.40. The average molecular weight is 328 g/mol. The fourth-order valence-electron chi connectivity index (χ4n) is 4.34. The van der Waals surface area contributed by atoms with Crippen molar-refractivity contribution in [3.05, 3.63) is 48.0 Å². The molecule has 2 fully saturated rings. The van der Waals surface area contributed by atoms with E-state index in [4.69, 9.17) is 4.74 Å². The molecule has 2 atom stereocenters. The molecule has 130 valence electrons. The Morgan fingerprint density at radius 2 is 1.83 bits per heavy atom. The first-order valence-electron chi connectivity index (χ1n) is 9.41. The van der Waals surface area contributed by atoms with Crippen molar-refractivity contribution in [2.45, 2.75) is 62.9 Å². The summed E-state index contributed by atoms with van der Waals surface area (Å²) in [6.07, 6.45) is 8.24. The lowest BCUT2D eigenvalue weighted by Gasteiger charge is -2.41. The van der Waals surface area contributed by atoms with Crippen LogP contribution in [-0.2, 0) is 14.9 Å². The predicted octanol–water partition coefficient (Wildman–Crippen LogP) is 3.40. The second-order valence-electron chi connectivity index (χ2n) is 7.42. The van der Waals surface area contributed by atoms with E-state index in [0.717, 1.165) is 50.6 Å². The van der Waals surface area contributed by atoms with Crippen molar-refractivity contribution in [2.24, 2.45) is 5.92 Å². The van der Waals surface area contributed by atoms with Gasteiger partial charge in [0.15, 0.2) is 0 Å². The molecule has 3 rings (SSSR count). The number of rotatable bonds is 5. The highest BCUT2D eigenvalue weighted by Crippen LogP contribution is 2.43. The van der Waals surface area contributed by atoms with E-state index in [-0.39, 0.29) is 12.1 Å². The van der Waals surface area contributed by atoms with E-state index in [2.05, 4.69) is 24.4 Å². The van der Waals surface area contributed by atoms with Crippen LogP contribution in [0, 0.1) is 5.92 Å². The van der Waals surface area contributed by atoms with Crippen molar-refractivity contribution in [1.29, 1.82) is 0 Å². The van der Waals surface area contributed by atoms with E-state index >= 15 is 0 Å². The van der Waals surface area contributed by atoms with Gasteiger partial charge in [0.05, 0.1) is 12.0 Å². The number of quaternary nitrogens is 1. The number of esters is 1. The third kappa shape index (κ3) is 3.27. The molecule has 0 radical (unpaired) electrons. The lowest BCUT2D eigenvalue weighted by Crippen LogP contribution is -2.53. The zero-order valence-corrected chi connectivity index (χ0v) is 14.6. The largest absolute Gasteiger partial charge is 0.461 e. The van der Waals surface area contributed by atoms with Gasteiger partial charge in [0, 0.05) is 18.8 Å². The molecule has 2 aliphatic rings. The summed E-state index contributed by atoms with van der Waals surface area (Å²) in [5.74, 6) is 0.298. The average Bonchev–Trinajstić information content (AvgIpc) is 2.87. The van der Waals surface area contributed by atoms with Crippen molar-refractivity contribution < 1.29 is 15.3 Å². The van der Waals surface area contributed by atoms with Crippen LogP contribution in [0.15, 0.2) is 42.5 Å². The number of carbonyl (C=O) groups is 1. The Hall–Kier alpha value is -1.61. The second-order valence-corrected chi connectivity index (χ2v) is 7.42. The number of carbonyl (C=O) groups excluding carboxylic acids is 1. The van der Waals surface area contributed by atoms with Gasteiger partial charge < -0.3 is 10.5 Å². The Labute approximate surface area is 145 Å². The molecule has 24 heavy (non-hydrogen) atoms. The van der Waals surface area contributed by atoms with Gasteiger partial charge in [-0.25, -0.2) is 0 Å². The monoisotopic (exact) mass is 328 g/mol. The van der Waals surface area contributed by atoms with Crippen molar-refractivity contribution >= 4 is 5.97 Å². The molecule has 0 aliphatic heterocycles. The molecule has 3 heteroatoms. The van der Waals surface area contributed by atoms with Crippen LogP contribution in [0.5, 0.6) is 0 Å². The SMILES string of the molecule is C=C1CC(OC(=O)C2(c3ccccc3)CCCCCC2)C1CC[NH3+]. The summed E-state index contributed by atoms with van der Waals surface area (Å²) < 4.78 is 6.05. The van der Waals surface area contributed by atoms with Crippen LogP contribution in [0.1, 0.15) is 56.9 Å². The summed E-state index contributed by atoms with van der Waals surface area (Å²) in [7, 11) is 0. The summed E-state index contributed by atoms with van der Waals surface area (Å²) in [5, 5.41) is 0. The van der Waals surface area contributed by atoms with Crippen molar-refractivity contribution in [2.75, 3.05) is 6.54 Å². The van der Waals surface area contributed by atoms with E-state index in [1.165, 1.54) is 18.4 Å². The molecule has 0 heterocycles. The first kappa shape index (κ1) is 17.2.